The number of methoxy groups -OCH3 is 1. The maximum Gasteiger partial charge on any atom is 0.192 e. The van der Waals surface area contributed by atoms with E-state index in [-0.39, 0.29) is 21.8 Å². The van der Waals surface area contributed by atoms with Gasteiger partial charge in [0.25, 0.3) is 0 Å². The molecule has 170 valence electrons. The number of nitrogens with zero attached hydrogens (tertiary/aromatic N) is 1. The third-order valence-electron chi connectivity index (χ3n) is 5.94. The number of aromatic nitrogens is 1. The largest absolute Gasteiger partial charge is 0.496 e. The van der Waals surface area contributed by atoms with Gasteiger partial charge in [-0.25, -0.2) is 8.42 Å². The topological polar surface area (TPSA) is 65.5 Å². The summed E-state index contributed by atoms with van der Waals surface area (Å²) in [6.07, 6.45) is 4.57. The number of hydrogen-bond donors (Lipinski definition) is 0. The summed E-state index contributed by atoms with van der Waals surface area (Å²) in [5, 5.41) is 0.0924. The zero-order valence-electron chi connectivity index (χ0n) is 19.5. The summed E-state index contributed by atoms with van der Waals surface area (Å²) in [5.41, 5.74) is 1.31. The lowest BCUT2D eigenvalue weighted by atomic mass is 10.0. The summed E-state index contributed by atoms with van der Waals surface area (Å²) in [7, 11) is -3.89. The molecule has 0 saturated carbocycles. The van der Waals surface area contributed by atoms with Crippen molar-refractivity contribution in [2.45, 2.75) is 68.5 Å². The second-order valence-electron chi connectivity index (χ2n) is 9.20. The average Bonchev–Trinajstić information content (AvgIpc) is 2.71. The molecule has 31 heavy (non-hydrogen) atoms. The lowest BCUT2D eigenvalue weighted by Gasteiger charge is -2.38. The second-order valence-corrected chi connectivity index (χ2v) is 15.9. The van der Waals surface area contributed by atoms with Crippen LogP contribution in [-0.2, 0) is 26.4 Å². The third-order valence-corrected chi connectivity index (χ3v) is 12.1. The first kappa shape index (κ1) is 25.3. The Labute approximate surface area is 188 Å². The molecule has 0 radical (unpaired) electrons. The van der Waals surface area contributed by atoms with Gasteiger partial charge >= 0.3 is 0 Å². The summed E-state index contributed by atoms with van der Waals surface area (Å²) in [4.78, 5) is 4.69. The van der Waals surface area contributed by atoms with E-state index in [0.29, 0.717) is 24.3 Å². The molecule has 0 fully saturated rings. The van der Waals surface area contributed by atoms with Crippen LogP contribution in [0.1, 0.15) is 38.4 Å². The molecule has 0 aliphatic heterocycles. The Morgan fingerprint density at radius 3 is 2.35 bits per heavy atom. The van der Waals surface area contributed by atoms with Gasteiger partial charge < -0.3 is 9.16 Å². The fourth-order valence-corrected chi connectivity index (χ4v) is 5.73. The van der Waals surface area contributed by atoms with Crippen molar-refractivity contribution in [2.24, 2.45) is 0 Å². The fraction of sp³-hybridized carbons (Fsp3) is 0.458. The Bertz CT molecular complexity index is 982. The summed E-state index contributed by atoms with van der Waals surface area (Å²) < 4.78 is 37.9. The molecule has 7 heteroatoms. The van der Waals surface area contributed by atoms with Crippen LogP contribution < -0.4 is 4.74 Å². The van der Waals surface area contributed by atoms with Crippen LogP contribution in [-0.4, -0.2) is 34.9 Å². The Morgan fingerprint density at radius 2 is 1.81 bits per heavy atom. The molecule has 0 bridgehead atoms. The van der Waals surface area contributed by atoms with E-state index >= 15 is 0 Å². The van der Waals surface area contributed by atoms with Gasteiger partial charge in [-0.3, -0.25) is 4.98 Å². The monoisotopic (exact) mass is 461 g/mol. The smallest absolute Gasteiger partial charge is 0.192 e. The van der Waals surface area contributed by atoms with Gasteiger partial charge in [-0.2, -0.15) is 0 Å². The van der Waals surface area contributed by atoms with Crippen LogP contribution in [0.15, 0.2) is 60.1 Å². The van der Waals surface area contributed by atoms with E-state index in [4.69, 9.17) is 9.16 Å². The van der Waals surface area contributed by atoms with Crippen molar-refractivity contribution >= 4 is 18.2 Å². The number of pyridine rings is 1. The zero-order valence-corrected chi connectivity index (χ0v) is 21.3. The SMILES string of the molecule is C=CC(CCc1c(OC)ccnc1CS(=O)(=O)c1ccccc1)O[Si](C)(C)C(C)(C)C. The molecule has 1 aromatic carbocycles. The molecule has 0 amide bonds. The lowest BCUT2D eigenvalue weighted by molar-refractivity contribution is 0.215. The summed E-state index contributed by atoms with van der Waals surface area (Å²) in [6.45, 7) is 15.0. The molecule has 0 aliphatic carbocycles. The van der Waals surface area contributed by atoms with E-state index in [1.54, 1.807) is 49.7 Å². The Hall–Kier alpha value is -1.96. The molecule has 0 spiro atoms. The van der Waals surface area contributed by atoms with Crippen LogP contribution in [0.3, 0.4) is 0 Å². The van der Waals surface area contributed by atoms with E-state index in [1.807, 2.05) is 6.08 Å². The quantitative estimate of drug-likeness (QED) is 0.342. The van der Waals surface area contributed by atoms with Gasteiger partial charge in [0.15, 0.2) is 18.2 Å². The van der Waals surface area contributed by atoms with Gasteiger partial charge in [0.05, 0.1) is 29.6 Å². The van der Waals surface area contributed by atoms with Crippen LogP contribution >= 0.6 is 0 Å². The molecule has 1 unspecified atom stereocenters. The van der Waals surface area contributed by atoms with Gasteiger partial charge in [0.1, 0.15) is 5.75 Å². The first-order valence-corrected chi connectivity index (χ1v) is 15.1. The number of hydrogen-bond acceptors (Lipinski definition) is 5. The number of ether oxygens (including phenoxy) is 1. The van der Waals surface area contributed by atoms with Gasteiger partial charge in [-0.15, -0.1) is 6.58 Å². The molecule has 2 rings (SSSR count). The van der Waals surface area contributed by atoms with Crippen molar-refractivity contribution in [3.05, 3.63) is 66.5 Å². The van der Waals surface area contributed by atoms with Crippen LogP contribution in [0.25, 0.3) is 0 Å². The molecule has 0 saturated heterocycles. The number of rotatable bonds is 10. The van der Waals surface area contributed by atoms with Gasteiger partial charge in [-0.05, 0) is 49.2 Å². The second kappa shape index (κ2) is 10.1. The molecule has 2 aromatic rings. The van der Waals surface area contributed by atoms with Gasteiger partial charge in [-0.1, -0.05) is 45.0 Å². The standard InChI is InChI=1S/C24H35NO4SSi/c1-8-19(29-31(6,7)24(2,3)4)14-15-21-22(25-17-16-23(21)28-5)18-30(26,27)20-12-10-9-11-13-20/h8-13,16-17,19H,1,14-15,18H2,2-7H3. The van der Waals surface area contributed by atoms with E-state index in [9.17, 15) is 8.42 Å². The minimum atomic E-state index is -3.52. The van der Waals surface area contributed by atoms with Crippen LogP contribution in [0.2, 0.25) is 18.1 Å². The minimum absolute atomic E-state index is 0.0924. The van der Waals surface area contributed by atoms with Gasteiger partial charge in [0, 0.05) is 11.8 Å². The third kappa shape index (κ3) is 6.51. The Balaban J connectivity index is 2.27. The summed E-state index contributed by atoms with van der Waals surface area (Å²) in [6, 6.07) is 10.2. The van der Waals surface area contributed by atoms with Crippen molar-refractivity contribution < 1.29 is 17.6 Å². The number of benzene rings is 1. The predicted molar refractivity (Wildman–Crippen MR) is 129 cm³/mol. The Kier molecular flexibility index (Phi) is 8.25. The van der Waals surface area contributed by atoms with E-state index in [2.05, 4.69) is 45.4 Å². The predicted octanol–water partition coefficient (Wildman–Crippen LogP) is 5.57. The zero-order chi connectivity index (χ0) is 23.3. The first-order valence-electron chi connectivity index (χ1n) is 10.5. The van der Waals surface area contributed by atoms with E-state index in [0.717, 1.165) is 5.56 Å². The summed E-state index contributed by atoms with van der Waals surface area (Å²) >= 11 is 0. The highest BCUT2D eigenvalue weighted by Crippen LogP contribution is 2.38. The van der Waals surface area contributed by atoms with Gasteiger partial charge in [0.2, 0.25) is 0 Å². The Morgan fingerprint density at radius 1 is 1.16 bits per heavy atom. The highest BCUT2D eigenvalue weighted by molar-refractivity contribution is 7.90. The normalized spacial score (nSPS) is 13.6. The van der Waals surface area contributed by atoms with E-state index < -0.39 is 18.2 Å². The molecule has 1 heterocycles. The van der Waals surface area contributed by atoms with Crippen LogP contribution in [0, 0.1) is 0 Å². The fourth-order valence-electron chi connectivity index (χ4n) is 3.06. The average molecular weight is 462 g/mol. The molecule has 5 nitrogen and oxygen atoms in total. The maximum absolute atomic E-state index is 12.9. The van der Waals surface area contributed by atoms with Crippen LogP contribution in [0.5, 0.6) is 5.75 Å². The molecule has 0 aliphatic rings. The van der Waals surface area contributed by atoms with Crippen LogP contribution in [0.4, 0.5) is 0 Å². The first-order chi connectivity index (χ1) is 14.4. The van der Waals surface area contributed by atoms with Crippen molar-refractivity contribution in [3.8, 4) is 5.75 Å². The number of sulfone groups is 1. The van der Waals surface area contributed by atoms with Crippen molar-refractivity contribution in [2.75, 3.05) is 7.11 Å². The molecule has 1 aromatic heterocycles. The molecule has 1 atom stereocenters. The molecular weight excluding hydrogens is 426 g/mol. The van der Waals surface area contributed by atoms with E-state index in [1.165, 1.54) is 0 Å². The molecular formula is C24H35NO4SSi. The highest BCUT2D eigenvalue weighted by atomic mass is 32.2. The molecule has 0 N–H and O–H groups in total. The highest BCUT2D eigenvalue weighted by Gasteiger charge is 2.38. The van der Waals surface area contributed by atoms with Crippen molar-refractivity contribution in [1.29, 1.82) is 0 Å². The maximum atomic E-state index is 12.9. The van der Waals surface area contributed by atoms with Crippen molar-refractivity contribution in [1.82, 2.24) is 4.98 Å². The van der Waals surface area contributed by atoms with Crippen molar-refractivity contribution in [3.63, 3.8) is 0 Å². The minimum Gasteiger partial charge on any atom is -0.496 e. The lowest BCUT2D eigenvalue weighted by Crippen LogP contribution is -2.43. The summed E-state index contributed by atoms with van der Waals surface area (Å²) in [5.74, 6) is 0.467.